The molecule has 0 amide bonds. The number of hydrogen-bond acceptors (Lipinski definition) is 3. The first kappa shape index (κ1) is 12.6. The lowest BCUT2D eigenvalue weighted by Crippen LogP contribution is -2.10. The molecule has 4 nitrogen and oxygen atoms in total. The van der Waals surface area contributed by atoms with Crippen molar-refractivity contribution < 1.29 is 27.1 Å². The predicted octanol–water partition coefficient (Wildman–Crippen LogP) is 2.32. The van der Waals surface area contributed by atoms with Crippen LogP contribution in [0, 0.1) is 29.1 Å². The quantitative estimate of drug-likeness (QED) is 0.497. The van der Waals surface area contributed by atoms with Crippen LogP contribution < -0.4 is 0 Å². The van der Waals surface area contributed by atoms with Gasteiger partial charge in [0.1, 0.15) is 5.69 Å². The molecule has 1 N–H and O–H groups in total. The maximum absolute atomic E-state index is 13.3. The van der Waals surface area contributed by atoms with Crippen molar-refractivity contribution in [3.63, 3.8) is 0 Å². The molecule has 0 saturated heterocycles. The fraction of sp³-hybridized carbons (Fsp3) is 0. The third kappa shape index (κ3) is 1.67. The van der Waals surface area contributed by atoms with Crippen molar-refractivity contribution in [2.75, 3.05) is 0 Å². The molecule has 0 aliphatic heterocycles. The van der Waals surface area contributed by atoms with Crippen LogP contribution in [0.4, 0.5) is 22.0 Å². The molecule has 0 aliphatic carbocycles. The standard InChI is InChI=1S/C8HClF5N3O/c9-7-15-8(18)16-17(7)6-4(13)2(11)1(10)3(12)5(6)14/h(H,16,18). The SMILES string of the molecule is Oc1nc(Cl)n(-c2c(F)c(F)c(F)c(F)c2F)n1. The number of halogens is 6. The summed E-state index contributed by atoms with van der Waals surface area (Å²) in [5.41, 5.74) is -1.43. The maximum Gasteiger partial charge on any atom is 0.334 e. The molecule has 0 fully saturated rings. The Hall–Kier alpha value is -1.90. The predicted molar refractivity (Wildman–Crippen MR) is 47.8 cm³/mol. The molecule has 2 rings (SSSR count). The van der Waals surface area contributed by atoms with Crippen LogP contribution in [0.25, 0.3) is 5.69 Å². The van der Waals surface area contributed by atoms with E-state index in [1.165, 1.54) is 0 Å². The van der Waals surface area contributed by atoms with Gasteiger partial charge >= 0.3 is 6.01 Å². The molecule has 0 spiro atoms. The van der Waals surface area contributed by atoms with Crippen LogP contribution >= 0.6 is 11.6 Å². The third-order valence-corrected chi connectivity index (χ3v) is 2.20. The topological polar surface area (TPSA) is 50.9 Å². The molecule has 10 heteroatoms. The van der Waals surface area contributed by atoms with E-state index in [2.05, 4.69) is 10.1 Å². The maximum atomic E-state index is 13.3. The first-order valence-corrected chi connectivity index (χ1v) is 4.55. The van der Waals surface area contributed by atoms with Crippen LogP contribution in [0.3, 0.4) is 0 Å². The molecule has 1 aromatic carbocycles. The summed E-state index contributed by atoms with van der Waals surface area (Å²) in [7, 11) is 0. The van der Waals surface area contributed by atoms with Crippen molar-refractivity contribution in [1.29, 1.82) is 0 Å². The van der Waals surface area contributed by atoms with Gasteiger partial charge in [-0.3, -0.25) is 0 Å². The highest BCUT2D eigenvalue weighted by Gasteiger charge is 2.29. The van der Waals surface area contributed by atoms with Gasteiger partial charge in [-0.25, -0.2) is 22.0 Å². The van der Waals surface area contributed by atoms with Gasteiger partial charge in [0.2, 0.25) is 11.1 Å². The summed E-state index contributed by atoms with van der Waals surface area (Å²) in [6.45, 7) is 0. The molecule has 0 bridgehead atoms. The van der Waals surface area contributed by atoms with E-state index in [0.717, 1.165) is 0 Å². The van der Waals surface area contributed by atoms with Crippen LogP contribution in [0.15, 0.2) is 0 Å². The normalized spacial score (nSPS) is 11.0. The van der Waals surface area contributed by atoms with Gasteiger partial charge in [0.05, 0.1) is 0 Å². The van der Waals surface area contributed by atoms with E-state index < -0.39 is 46.1 Å². The van der Waals surface area contributed by atoms with E-state index in [-0.39, 0.29) is 4.68 Å². The van der Waals surface area contributed by atoms with E-state index in [9.17, 15) is 22.0 Å². The molecule has 96 valence electrons. The Labute approximate surface area is 100 Å². The molecule has 0 saturated carbocycles. The van der Waals surface area contributed by atoms with Gasteiger partial charge in [-0.05, 0) is 11.6 Å². The summed E-state index contributed by atoms with van der Waals surface area (Å²) in [5, 5.41) is 11.1. The van der Waals surface area contributed by atoms with Gasteiger partial charge in [-0.1, -0.05) is 0 Å². The van der Waals surface area contributed by atoms with Crippen molar-refractivity contribution in [1.82, 2.24) is 14.8 Å². The summed E-state index contributed by atoms with van der Waals surface area (Å²) in [6, 6.07) is -0.982. The van der Waals surface area contributed by atoms with Gasteiger partial charge < -0.3 is 5.11 Å². The zero-order valence-electron chi connectivity index (χ0n) is 8.06. The third-order valence-electron chi connectivity index (χ3n) is 1.95. The molecule has 0 radical (unpaired) electrons. The summed E-state index contributed by atoms with van der Waals surface area (Å²) < 4.78 is 65.3. The highest BCUT2D eigenvalue weighted by molar-refractivity contribution is 6.28. The Morgan fingerprint density at radius 2 is 1.33 bits per heavy atom. The van der Waals surface area contributed by atoms with Gasteiger partial charge in [0.15, 0.2) is 23.3 Å². The minimum atomic E-state index is -2.31. The number of benzene rings is 1. The zero-order chi connectivity index (χ0) is 13.6. The molecule has 1 heterocycles. The first-order valence-electron chi connectivity index (χ1n) is 4.18. The Kier molecular flexibility index (Phi) is 2.85. The minimum Gasteiger partial charge on any atom is -0.478 e. The number of rotatable bonds is 1. The molecule has 2 aromatic rings. The van der Waals surface area contributed by atoms with Crippen LogP contribution in [0.2, 0.25) is 5.28 Å². The van der Waals surface area contributed by atoms with E-state index in [1.807, 2.05) is 0 Å². The zero-order valence-corrected chi connectivity index (χ0v) is 8.81. The second-order valence-electron chi connectivity index (χ2n) is 3.01. The Morgan fingerprint density at radius 1 is 0.889 bits per heavy atom. The number of hydrogen-bond donors (Lipinski definition) is 1. The van der Waals surface area contributed by atoms with Gasteiger partial charge in [0.25, 0.3) is 0 Å². The van der Waals surface area contributed by atoms with Crippen LogP contribution in [-0.2, 0) is 0 Å². The molecular weight excluding hydrogens is 285 g/mol. The number of aromatic hydroxyl groups is 1. The molecule has 0 atom stereocenters. The van der Waals surface area contributed by atoms with E-state index in [4.69, 9.17) is 16.7 Å². The lowest BCUT2D eigenvalue weighted by molar-refractivity contribution is 0.372. The molecule has 0 aliphatic rings. The van der Waals surface area contributed by atoms with Crippen LogP contribution in [0.5, 0.6) is 6.01 Å². The average Bonchev–Trinajstić information content (AvgIpc) is 2.64. The minimum absolute atomic E-state index is 0.0904. The van der Waals surface area contributed by atoms with Crippen molar-refractivity contribution in [2.45, 2.75) is 0 Å². The van der Waals surface area contributed by atoms with Gasteiger partial charge in [0, 0.05) is 0 Å². The fourth-order valence-electron chi connectivity index (χ4n) is 1.20. The number of aromatic nitrogens is 3. The molecule has 18 heavy (non-hydrogen) atoms. The van der Waals surface area contributed by atoms with Crippen molar-refractivity contribution in [3.05, 3.63) is 34.4 Å². The largest absolute Gasteiger partial charge is 0.478 e. The monoisotopic (exact) mass is 285 g/mol. The summed E-state index contributed by atoms with van der Waals surface area (Å²) in [4.78, 5) is 3.05. The molecule has 1 aromatic heterocycles. The van der Waals surface area contributed by atoms with E-state index in [0.29, 0.717) is 0 Å². The fourth-order valence-corrected chi connectivity index (χ4v) is 1.40. The van der Waals surface area contributed by atoms with Crippen LogP contribution in [0.1, 0.15) is 0 Å². The van der Waals surface area contributed by atoms with Crippen molar-refractivity contribution >= 4 is 11.6 Å². The Balaban J connectivity index is 2.84. The second-order valence-corrected chi connectivity index (χ2v) is 3.35. The molecule has 0 unspecified atom stereocenters. The van der Waals surface area contributed by atoms with Crippen molar-refractivity contribution in [3.8, 4) is 11.7 Å². The van der Waals surface area contributed by atoms with Crippen molar-refractivity contribution in [2.24, 2.45) is 0 Å². The number of nitrogens with zero attached hydrogens (tertiary/aromatic N) is 3. The van der Waals surface area contributed by atoms with Crippen LogP contribution in [-0.4, -0.2) is 19.9 Å². The Morgan fingerprint density at radius 3 is 1.72 bits per heavy atom. The van der Waals surface area contributed by atoms with Gasteiger partial charge in [-0.2, -0.15) is 9.67 Å². The Bertz CT molecular complexity index is 615. The highest BCUT2D eigenvalue weighted by Crippen LogP contribution is 2.28. The highest BCUT2D eigenvalue weighted by atomic mass is 35.5. The molecular formula is C8HClF5N3O. The van der Waals surface area contributed by atoms with Gasteiger partial charge in [-0.15, -0.1) is 5.10 Å². The summed E-state index contributed by atoms with van der Waals surface area (Å²) >= 11 is 5.33. The first-order chi connectivity index (χ1) is 8.34. The smallest absolute Gasteiger partial charge is 0.334 e. The summed E-state index contributed by atoms with van der Waals surface area (Å²) in [5.74, 6) is -10.9. The van der Waals surface area contributed by atoms with E-state index in [1.54, 1.807) is 0 Å². The second kappa shape index (κ2) is 4.09. The summed E-state index contributed by atoms with van der Waals surface area (Å²) in [6.07, 6.45) is 0. The average molecular weight is 286 g/mol. The van der Waals surface area contributed by atoms with E-state index >= 15 is 0 Å². The lowest BCUT2D eigenvalue weighted by Gasteiger charge is -2.07. The lowest BCUT2D eigenvalue weighted by atomic mass is 10.2.